The highest BCUT2D eigenvalue weighted by Crippen LogP contribution is 2.42. The van der Waals surface area contributed by atoms with Crippen molar-refractivity contribution >= 4 is 5.97 Å². The van der Waals surface area contributed by atoms with Crippen LogP contribution in [-0.4, -0.2) is 22.0 Å². The second-order valence-corrected chi connectivity index (χ2v) is 4.91. The summed E-state index contributed by atoms with van der Waals surface area (Å²) in [7, 11) is 0. The molecule has 0 fully saturated rings. The van der Waals surface area contributed by atoms with E-state index in [4.69, 9.17) is 9.84 Å². The molecule has 1 aromatic heterocycles. The summed E-state index contributed by atoms with van der Waals surface area (Å²) in [6.07, 6.45) is 0.848. The van der Waals surface area contributed by atoms with Crippen LogP contribution in [0.3, 0.4) is 0 Å². The normalized spacial score (nSPS) is 12.1. The number of nitrogens with zero attached hydrogens (tertiary/aromatic N) is 1. The van der Waals surface area contributed by atoms with Gasteiger partial charge in [-0.05, 0) is 30.3 Å². The van der Waals surface area contributed by atoms with Gasteiger partial charge >= 0.3 is 17.8 Å². The molecule has 9 heteroatoms. The Balaban J connectivity index is 2.22. The first-order valence-corrected chi connectivity index (χ1v) is 6.45. The number of carbonyl (C=O) groups is 1. The van der Waals surface area contributed by atoms with Gasteiger partial charge in [0.2, 0.25) is 0 Å². The van der Waals surface area contributed by atoms with Gasteiger partial charge < -0.3 is 9.84 Å². The molecule has 2 rings (SSSR count). The first-order chi connectivity index (χ1) is 11.0. The van der Waals surface area contributed by atoms with Gasteiger partial charge in [-0.25, -0.2) is 14.2 Å². The number of benzene rings is 1. The lowest BCUT2D eigenvalue weighted by Gasteiger charge is -2.23. The average molecular weight is 347 g/mol. The minimum Gasteiger partial charge on any atom is -0.478 e. The van der Waals surface area contributed by atoms with Crippen LogP contribution in [0.1, 0.15) is 22.8 Å². The van der Waals surface area contributed by atoms with Gasteiger partial charge in [0.05, 0.1) is 5.56 Å². The molecule has 0 radical (unpaired) electrons. The molecule has 0 saturated carbocycles. The predicted molar refractivity (Wildman–Crippen MR) is 72.2 cm³/mol. The Bertz CT molecular complexity index is 757. The van der Waals surface area contributed by atoms with Crippen molar-refractivity contribution in [3.8, 4) is 11.6 Å². The van der Waals surface area contributed by atoms with Gasteiger partial charge in [0.25, 0.3) is 5.88 Å². The molecule has 1 aromatic carbocycles. The van der Waals surface area contributed by atoms with E-state index in [2.05, 4.69) is 4.98 Å². The third kappa shape index (κ3) is 3.44. The van der Waals surface area contributed by atoms with Crippen molar-refractivity contribution in [2.75, 3.05) is 0 Å². The molecule has 1 heterocycles. The molecule has 24 heavy (non-hydrogen) atoms. The van der Waals surface area contributed by atoms with E-state index in [0.717, 1.165) is 30.5 Å². The van der Waals surface area contributed by atoms with E-state index in [1.165, 1.54) is 0 Å². The molecule has 128 valence electrons. The minimum atomic E-state index is -4.38. The summed E-state index contributed by atoms with van der Waals surface area (Å²) in [6.45, 7) is 0.0979. The Morgan fingerprint density at radius 3 is 2.21 bits per heavy atom. The molecular weight excluding hydrogens is 337 g/mol. The maximum atomic E-state index is 13.7. The number of rotatable bonds is 5. The number of aromatic carboxylic acids is 1. The summed E-state index contributed by atoms with van der Waals surface area (Å²) < 4.78 is 71.4. The number of aromatic nitrogens is 1. The number of hydrogen-bond donors (Lipinski definition) is 1. The molecule has 0 unspecified atom stereocenters. The first-order valence-electron chi connectivity index (χ1n) is 6.45. The second kappa shape index (κ2) is 6.06. The maximum absolute atomic E-state index is 13.7. The lowest BCUT2D eigenvalue weighted by molar-refractivity contribution is -0.204. The summed E-state index contributed by atoms with van der Waals surface area (Å²) >= 11 is 0. The number of carboxylic acids is 1. The fourth-order valence-corrected chi connectivity index (χ4v) is 1.71. The zero-order valence-corrected chi connectivity index (χ0v) is 12.1. The van der Waals surface area contributed by atoms with Crippen LogP contribution in [0.5, 0.6) is 11.6 Å². The Morgan fingerprint density at radius 1 is 1.17 bits per heavy atom. The van der Waals surface area contributed by atoms with Gasteiger partial charge in [-0.15, -0.1) is 0 Å². The van der Waals surface area contributed by atoms with Gasteiger partial charge in [0.15, 0.2) is 5.82 Å². The largest absolute Gasteiger partial charge is 0.478 e. The Hall–Kier alpha value is -2.71. The van der Waals surface area contributed by atoms with Crippen LogP contribution in [0, 0.1) is 5.82 Å². The Labute approximate surface area is 132 Å². The monoisotopic (exact) mass is 347 g/mol. The number of hydrogen-bond acceptors (Lipinski definition) is 3. The lowest BCUT2D eigenvalue weighted by atomic mass is 10.0. The van der Waals surface area contributed by atoms with Crippen LogP contribution in [0.25, 0.3) is 0 Å². The number of halogens is 5. The lowest BCUT2D eigenvalue weighted by Crippen LogP contribution is -2.34. The third-order valence-corrected chi connectivity index (χ3v) is 3.04. The Kier molecular flexibility index (Phi) is 4.46. The quantitative estimate of drug-likeness (QED) is 0.812. The number of pyridine rings is 1. The highest BCUT2D eigenvalue weighted by molar-refractivity contribution is 5.87. The molecule has 4 nitrogen and oxygen atoms in total. The highest BCUT2D eigenvalue weighted by atomic mass is 19.3. The third-order valence-electron chi connectivity index (χ3n) is 3.04. The molecule has 0 saturated heterocycles. The fourth-order valence-electron chi connectivity index (χ4n) is 1.71. The standard InChI is InChI=1S/C15H10F5NO3/c1-14(17,18)15(19,20)9-2-4-10(5-3-9)24-12-11(16)6-8(7-21-12)13(22)23/h2-7H,1H3,(H,22,23). The fraction of sp³-hybridized carbons (Fsp3) is 0.200. The zero-order chi connectivity index (χ0) is 18.1. The molecule has 0 bridgehead atoms. The maximum Gasteiger partial charge on any atom is 0.337 e. The SMILES string of the molecule is CC(F)(F)C(F)(F)c1ccc(Oc2ncc(C(=O)O)cc2F)cc1. The van der Waals surface area contributed by atoms with Gasteiger partial charge in [0, 0.05) is 18.7 Å². The molecule has 0 atom stereocenters. The van der Waals surface area contributed by atoms with Gasteiger partial charge in [-0.1, -0.05) is 0 Å². The van der Waals surface area contributed by atoms with E-state index in [9.17, 15) is 26.7 Å². The van der Waals surface area contributed by atoms with Crippen LogP contribution in [-0.2, 0) is 5.92 Å². The summed E-state index contributed by atoms with van der Waals surface area (Å²) in [5.74, 6) is -11.8. The first kappa shape index (κ1) is 17.6. The average Bonchev–Trinajstić information content (AvgIpc) is 2.48. The van der Waals surface area contributed by atoms with Crippen molar-refractivity contribution in [1.29, 1.82) is 0 Å². The summed E-state index contributed by atoms with van der Waals surface area (Å²) in [6, 6.07) is 4.00. The second-order valence-electron chi connectivity index (χ2n) is 4.91. The van der Waals surface area contributed by atoms with E-state index >= 15 is 0 Å². The van der Waals surface area contributed by atoms with Gasteiger partial charge in [0.1, 0.15) is 5.75 Å². The molecule has 0 aliphatic heterocycles. The summed E-state index contributed by atoms with van der Waals surface area (Å²) in [5, 5.41) is 8.68. The molecule has 2 aromatic rings. The van der Waals surface area contributed by atoms with Crippen molar-refractivity contribution in [1.82, 2.24) is 4.98 Å². The molecule has 1 N–H and O–H groups in total. The van der Waals surface area contributed by atoms with Crippen LogP contribution in [0.15, 0.2) is 36.5 Å². The smallest absolute Gasteiger partial charge is 0.337 e. The number of carboxylic acid groups (broad SMARTS) is 1. The molecular formula is C15H10F5NO3. The summed E-state index contributed by atoms with van der Waals surface area (Å²) in [4.78, 5) is 14.1. The van der Waals surface area contributed by atoms with Gasteiger partial charge in [-0.3, -0.25) is 0 Å². The molecule has 0 aliphatic carbocycles. The molecule has 0 spiro atoms. The predicted octanol–water partition coefficient (Wildman–Crippen LogP) is 4.46. The van der Waals surface area contributed by atoms with E-state index in [1.807, 2.05) is 0 Å². The van der Waals surface area contributed by atoms with Crippen molar-refractivity contribution < 1.29 is 36.6 Å². The van der Waals surface area contributed by atoms with Crippen molar-refractivity contribution in [3.05, 3.63) is 53.5 Å². The zero-order valence-electron chi connectivity index (χ0n) is 12.1. The van der Waals surface area contributed by atoms with E-state index in [0.29, 0.717) is 6.07 Å². The van der Waals surface area contributed by atoms with Crippen molar-refractivity contribution in [3.63, 3.8) is 0 Å². The van der Waals surface area contributed by atoms with Crippen LogP contribution >= 0.6 is 0 Å². The van der Waals surface area contributed by atoms with Crippen LogP contribution < -0.4 is 4.74 Å². The highest BCUT2D eigenvalue weighted by Gasteiger charge is 2.53. The topological polar surface area (TPSA) is 59.4 Å². The van der Waals surface area contributed by atoms with Crippen LogP contribution in [0.4, 0.5) is 22.0 Å². The van der Waals surface area contributed by atoms with Crippen LogP contribution in [0.2, 0.25) is 0 Å². The molecule has 0 amide bonds. The van der Waals surface area contributed by atoms with Gasteiger partial charge in [-0.2, -0.15) is 17.6 Å². The minimum absolute atomic E-state index is 0.0979. The summed E-state index contributed by atoms with van der Waals surface area (Å²) in [5.41, 5.74) is -1.34. The van der Waals surface area contributed by atoms with E-state index in [-0.39, 0.29) is 12.7 Å². The van der Waals surface area contributed by atoms with E-state index < -0.39 is 40.6 Å². The molecule has 0 aliphatic rings. The van der Waals surface area contributed by atoms with Crippen molar-refractivity contribution in [2.45, 2.75) is 18.8 Å². The Morgan fingerprint density at radius 2 is 1.75 bits per heavy atom. The number of ether oxygens (including phenoxy) is 1. The number of alkyl halides is 4. The van der Waals surface area contributed by atoms with E-state index in [1.54, 1.807) is 0 Å². The van der Waals surface area contributed by atoms with Crippen molar-refractivity contribution in [2.24, 2.45) is 0 Å².